The lowest BCUT2D eigenvalue weighted by atomic mass is 10.0. The van der Waals surface area contributed by atoms with Crippen LogP contribution in [0.25, 0.3) is 0 Å². The van der Waals surface area contributed by atoms with Gasteiger partial charge in [0.05, 0.1) is 11.4 Å². The van der Waals surface area contributed by atoms with Crippen molar-refractivity contribution in [3.05, 3.63) is 78.0 Å². The van der Waals surface area contributed by atoms with Gasteiger partial charge in [-0.15, -0.1) is 0 Å². The Labute approximate surface area is 178 Å². The molecule has 30 heavy (non-hydrogen) atoms. The lowest BCUT2D eigenvalue weighted by Crippen LogP contribution is -2.53. The summed E-state index contributed by atoms with van der Waals surface area (Å²) in [6.07, 6.45) is 1.71. The third-order valence-electron chi connectivity index (χ3n) is 5.34. The molecule has 156 valence electrons. The summed E-state index contributed by atoms with van der Waals surface area (Å²) in [5.41, 5.74) is 2.64. The van der Waals surface area contributed by atoms with Gasteiger partial charge in [0.25, 0.3) is 5.91 Å². The first-order chi connectivity index (χ1) is 14.4. The molecule has 1 aliphatic heterocycles. The summed E-state index contributed by atoms with van der Waals surface area (Å²) in [6, 6.07) is 16.6. The fraction of sp³-hybridized carbons (Fsp3) is 0.292. The van der Waals surface area contributed by atoms with Crippen molar-refractivity contribution in [2.24, 2.45) is 5.10 Å². The zero-order chi connectivity index (χ0) is 21.7. The molecule has 3 rings (SSSR count). The van der Waals surface area contributed by atoms with Gasteiger partial charge in [-0.25, -0.2) is 0 Å². The number of rotatable bonds is 6. The monoisotopic (exact) mass is 404 g/mol. The summed E-state index contributed by atoms with van der Waals surface area (Å²) in [5, 5.41) is 5.94. The molecule has 0 spiro atoms. The molecule has 1 aliphatic rings. The molecule has 0 aromatic heterocycles. The maximum absolute atomic E-state index is 13.0. The minimum Gasteiger partial charge on any atom is -0.363 e. The summed E-state index contributed by atoms with van der Waals surface area (Å²) >= 11 is 0. The smallest absolute Gasteiger partial charge is 0.253 e. The summed E-state index contributed by atoms with van der Waals surface area (Å²) in [5.74, 6) is -0.0774. The Balaban J connectivity index is 1.64. The van der Waals surface area contributed by atoms with E-state index in [-0.39, 0.29) is 17.7 Å². The van der Waals surface area contributed by atoms with Crippen LogP contribution in [0.2, 0.25) is 0 Å². The first-order valence-corrected chi connectivity index (χ1v) is 10.1. The van der Waals surface area contributed by atoms with Crippen LogP contribution in [0.3, 0.4) is 0 Å². The van der Waals surface area contributed by atoms with E-state index in [2.05, 4.69) is 11.7 Å². The molecule has 1 atom stereocenters. The van der Waals surface area contributed by atoms with E-state index in [0.717, 1.165) is 5.69 Å². The Morgan fingerprint density at radius 2 is 1.73 bits per heavy atom. The predicted molar refractivity (Wildman–Crippen MR) is 121 cm³/mol. The lowest BCUT2D eigenvalue weighted by molar-refractivity contribution is 0.0573. The van der Waals surface area contributed by atoms with E-state index in [1.54, 1.807) is 23.4 Å². The second kappa shape index (κ2) is 9.39. The highest BCUT2D eigenvalue weighted by molar-refractivity contribution is 6.08. The minimum absolute atomic E-state index is 0.00663. The second-order valence-electron chi connectivity index (χ2n) is 7.38. The highest BCUT2D eigenvalue weighted by atomic mass is 16.2. The number of hydrazone groups is 1. The number of benzene rings is 2. The number of allylic oxidation sites excluding steroid dienone is 1. The normalized spacial score (nSPS) is 16.6. The van der Waals surface area contributed by atoms with Crippen molar-refractivity contribution in [1.82, 2.24) is 9.80 Å². The Bertz CT molecular complexity index is 937. The fourth-order valence-corrected chi connectivity index (χ4v) is 3.67. The van der Waals surface area contributed by atoms with Crippen LogP contribution in [0.5, 0.6) is 0 Å². The highest BCUT2D eigenvalue weighted by Crippen LogP contribution is 2.21. The van der Waals surface area contributed by atoms with Gasteiger partial charge >= 0.3 is 0 Å². The molecule has 1 saturated heterocycles. The summed E-state index contributed by atoms with van der Waals surface area (Å²) in [6.45, 7) is 9.62. The van der Waals surface area contributed by atoms with Gasteiger partial charge in [-0.2, -0.15) is 5.10 Å². The molecule has 0 N–H and O–H groups in total. The van der Waals surface area contributed by atoms with Crippen molar-refractivity contribution in [3.63, 3.8) is 0 Å². The van der Waals surface area contributed by atoms with Gasteiger partial charge in [-0.3, -0.25) is 14.6 Å². The van der Waals surface area contributed by atoms with Crippen molar-refractivity contribution in [2.45, 2.75) is 19.9 Å². The largest absolute Gasteiger partial charge is 0.363 e. The first-order valence-electron chi connectivity index (χ1n) is 10.1. The van der Waals surface area contributed by atoms with E-state index in [1.807, 2.05) is 73.2 Å². The fourth-order valence-electron chi connectivity index (χ4n) is 3.67. The quantitative estimate of drug-likeness (QED) is 0.319. The Kier molecular flexibility index (Phi) is 6.67. The standard InChI is InChI=1S/C24H28N4O2/c1-5-25-26(4)22-13-11-20(12-14-22)23(29)19(3)28-16-15-27(17-18(28)2)24(30)21-9-7-6-8-10-21/h5-14,18H,3,15-17H2,1-2,4H3/b25-5-. The van der Waals surface area contributed by atoms with Crippen molar-refractivity contribution >= 4 is 23.6 Å². The molecule has 6 nitrogen and oxygen atoms in total. The lowest BCUT2D eigenvalue weighted by Gasteiger charge is -2.41. The van der Waals surface area contributed by atoms with Crippen LogP contribution in [0.4, 0.5) is 5.69 Å². The molecule has 6 heteroatoms. The maximum Gasteiger partial charge on any atom is 0.253 e. The Morgan fingerprint density at radius 1 is 1.07 bits per heavy atom. The summed E-state index contributed by atoms with van der Waals surface area (Å²) < 4.78 is 0. The van der Waals surface area contributed by atoms with Gasteiger partial charge in [0.1, 0.15) is 0 Å². The molecule has 1 heterocycles. The molecular weight excluding hydrogens is 376 g/mol. The Hall–Kier alpha value is -3.41. The van der Waals surface area contributed by atoms with Crippen LogP contribution in [-0.2, 0) is 0 Å². The number of hydrogen-bond donors (Lipinski definition) is 0. The molecule has 2 aromatic carbocycles. The van der Waals surface area contributed by atoms with Gasteiger partial charge in [-0.05, 0) is 50.2 Å². The van der Waals surface area contributed by atoms with Crippen molar-refractivity contribution in [3.8, 4) is 0 Å². The van der Waals surface area contributed by atoms with E-state index >= 15 is 0 Å². The zero-order valence-electron chi connectivity index (χ0n) is 17.8. The first kappa shape index (κ1) is 21.3. The number of anilines is 1. The number of carbonyl (C=O) groups excluding carboxylic acids is 2. The number of hydrogen-bond acceptors (Lipinski definition) is 5. The van der Waals surface area contributed by atoms with Crippen molar-refractivity contribution in [2.75, 3.05) is 31.7 Å². The highest BCUT2D eigenvalue weighted by Gasteiger charge is 2.30. The average Bonchev–Trinajstić information content (AvgIpc) is 2.78. The minimum atomic E-state index is -0.0992. The molecule has 0 saturated carbocycles. The van der Waals surface area contributed by atoms with E-state index in [4.69, 9.17) is 0 Å². The molecule has 0 bridgehead atoms. The topological polar surface area (TPSA) is 56.2 Å². The molecule has 2 aromatic rings. The molecule has 0 radical (unpaired) electrons. The number of carbonyl (C=O) groups is 2. The van der Waals surface area contributed by atoms with Gasteiger partial charge in [0.15, 0.2) is 0 Å². The third kappa shape index (κ3) is 4.59. The predicted octanol–water partition coefficient (Wildman–Crippen LogP) is 3.67. The van der Waals surface area contributed by atoms with Gasteiger partial charge in [-0.1, -0.05) is 24.8 Å². The van der Waals surface area contributed by atoms with Crippen molar-refractivity contribution in [1.29, 1.82) is 0 Å². The molecule has 0 aliphatic carbocycles. The SMILES string of the molecule is C=C(C(=O)c1ccc(N(C)/N=C\C)cc1)N1CCN(C(=O)c2ccccc2)CC1C. The van der Waals surface area contributed by atoms with Crippen LogP contribution < -0.4 is 5.01 Å². The van der Waals surface area contributed by atoms with E-state index in [9.17, 15) is 9.59 Å². The Morgan fingerprint density at radius 3 is 2.33 bits per heavy atom. The molecule has 1 amide bonds. The summed E-state index contributed by atoms with van der Waals surface area (Å²) in [4.78, 5) is 29.5. The van der Waals surface area contributed by atoms with E-state index < -0.39 is 0 Å². The number of amides is 1. The van der Waals surface area contributed by atoms with Crippen molar-refractivity contribution < 1.29 is 9.59 Å². The van der Waals surface area contributed by atoms with Crippen LogP contribution >= 0.6 is 0 Å². The maximum atomic E-state index is 13.0. The van der Waals surface area contributed by atoms with E-state index in [0.29, 0.717) is 36.5 Å². The average molecular weight is 405 g/mol. The second-order valence-corrected chi connectivity index (χ2v) is 7.38. The molecule has 1 unspecified atom stereocenters. The van der Waals surface area contributed by atoms with E-state index in [1.165, 1.54) is 0 Å². The molecular formula is C24H28N4O2. The van der Waals surface area contributed by atoms with Crippen LogP contribution in [-0.4, -0.2) is 60.4 Å². The van der Waals surface area contributed by atoms with Gasteiger partial charge < -0.3 is 9.80 Å². The van der Waals surface area contributed by atoms with Crippen LogP contribution in [0.15, 0.2) is 72.0 Å². The summed E-state index contributed by atoms with van der Waals surface area (Å²) in [7, 11) is 1.85. The molecule has 1 fully saturated rings. The number of ketones is 1. The van der Waals surface area contributed by atoms with Crippen LogP contribution in [0, 0.1) is 0 Å². The number of piperazine rings is 1. The zero-order valence-corrected chi connectivity index (χ0v) is 17.8. The number of Topliss-reactive ketones (excluding diaryl/α,β-unsaturated/α-hetero) is 1. The van der Waals surface area contributed by atoms with Gasteiger partial charge in [0.2, 0.25) is 5.78 Å². The van der Waals surface area contributed by atoms with Crippen LogP contribution in [0.1, 0.15) is 34.6 Å². The number of nitrogens with zero attached hydrogens (tertiary/aromatic N) is 4. The third-order valence-corrected chi connectivity index (χ3v) is 5.34. The van der Waals surface area contributed by atoms with Gasteiger partial charge in [0, 0.05) is 50.1 Å².